The lowest BCUT2D eigenvalue weighted by Crippen LogP contribution is -2.48. The summed E-state index contributed by atoms with van der Waals surface area (Å²) in [6, 6.07) is 7.71. The number of nitrogens with zero attached hydrogens (tertiary/aromatic N) is 4. The van der Waals surface area contributed by atoms with Gasteiger partial charge in [-0.2, -0.15) is 5.10 Å². The van der Waals surface area contributed by atoms with Crippen LogP contribution in [0.2, 0.25) is 0 Å². The lowest BCUT2D eigenvalue weighted by atomic mass is 9.82. The van der Waals surface area contributed by atoms with Gasteiger partial charge in [0, 0.05) is 24.4 Å². The molecular weight excluding hydrogens is 336 g/mol. The van der Waals surface area contributed by atoms with Crippen molar-refractivity contribution in [3.8, 4) is 0 Å². The van der Waals surface area contributed by atoms with Gasteiger partial charge in [-0.05, 0) is 42.0 Å². The largest absolute Gasteiger partial charge is 0.370 e. The van der Waals surface area contributed by atoms with Crippen LogP contribution in [0.1, 0.15) is 33.8 Å². The molecule has 3 aromatic rings. The number of thiophene rings is 1. The van der Waals surface area contributed by atoms with Crippen LogP contribution >= 0.6 is 11.3 Å². The lowest BCUT2D eigenvalue weighted by molar-refractivity contribution is -0.0927. The molecule has 25 heavy (non-hydrogen) atoms. The van der Waals surface area contributed by atoms with E-state index in [2.05, 4.69) is 21.5 Å². The highest BCUT2D eigenvalue weighted by Gasteiger charge is 2.42. The molecule has 128 valence electrons. The highest BCUT2D eigenvalue weighted by molar-refractivity contribution is 7.10. The Balaban J connectivity index is 1.39. The average Bonchev–Trinajstić information content (AvgIpc) is 3.31. The van der Waals surface area contributed by atoms with Gasteiger partial charge < -0.3 is 9.64 Å². The molecule has 1 spiro atoms. The Morgan fingerprint density at radius 1 is 1.24 bits per heavy atom. The first-order valence-electron chi connectivity index (χ1n) is 8.56. The number of ether oxygens (including phenoxy) is 1. The van der Waals surface area contributed by atoms with Gasteiger partial charge in [0.15, 0.2) is 5.65 Å². The zero-order valence-corrected chi connectivity index (χ0v) is 14.5. The Morgan fingerprint density at radius 2 is 2.12 bits per heavy atom. The predicted molar refractivity (Wildman–Crippen MR) is 93.8 cm³/mol. The van der Waals surface area contributed by atoms with Crippen molar-refractivity contribution in [2.75, 3.05) is 19.7 Å². The first-order valence-corrected chi connectivity index (χ1v) is 9.44. The molecule has 1 amide bonds. The smallest absolute Gasteiger partial charge is 0.272 e. The van der Waals surface area contributed by atoms with Gasteiger partial charge in [-0.1, -0.05) is 6.07 Å². The second-order valence-corrected chi connectivity index (χ2v) is 7.58. The lowest BCUT2D eigenvalue weighted by Gasteiger charge is -2.44. The number of pyridine rings is 1. The van der Waals surface area contributed by atoms with Crippen molar-refractivity contribution in [3.05, 3.63) is 52.1 Å². The van der Waals surface area contributed by atoms with Crippen molar-refractivity contribution in [1.29, 1.82) is 0 Å². The van der Waals surface area contributed by atoms with Crippen LogP contribution in [0, 0.1) is 0 Å². The fraction of sp³-hybridized carbons (Fsp3) is 0.389. The molecule has 3 aromatic heterocycles. The number of carbonyl (C=O) groups excluding carboxylic acids is 1. The number of hydrogen-bond donors (Lipinski definition) is 0. The Labute approximate surface area is 149 Å². The molecule has 7 heteroatoms. The minimum absolute atomic E-state index is 0.00676. The van der Waals surface area contributed by atoms with Crippen molar-refractivity contribution in [3.63, 3.8) is 0 Å². The molecule has 5 rings (SSSR count). The molecule has 0 radical (unpaired) electrons. The first-order chi connectivity index (χ1) is 12.3. The number of fused-ring (bicyclic) bond motifs is 3. The molecule has 5 heterocycles. The van der Waals surface area contributed by atoms with Crippen molar-refractivity contribution >= 4 is 22.9 Å². The summed E-state index contributed by atoms with van der Waals surface area (Å²) in [6.45, 7) is 2.16. The van der Waals surface area contributed by atoms with E-state index >= 15 is 0 Å². The van der Waals surface area contributed by atoms with E-state index in [1.165, 1.54) is 16.8 Å². The second-order valence-electron chi connectivity index (χ2n) is 6.58. The number of aromatic nitrogens is 3. The van der Waals surface area contributed by atoms with Gasteiger partial charge in [0.25, 0.3) is 5.91 Å². The third kappa shape index (κ3) is 2.30. The van der Waals surface area contributed by atoms with Gasteiger partial charge in [-0.3, -0.25) is 4.79 Å². The Kier molecular flexibility index (Phi) is 3.39. The summed E-state index contributed by atoms with van der Waals surface area (Å²) in [4.78, 5) is 20.5. The van der Waals surface area contributed by atoms with Crippen LogP contribution in [0.3, 0.4) is 0 Å². The van der Waals surface area contributed by atoms with Crippen LogP contribution < -0.4 is 0 Å². The summed E-state index contributed by atoms with van der Waals surface area (Å²) in [7, 11) is 0. The zero-order chi connectivity index (χ0) is 16.9. The minimum atomic E-state index is -0.205. The third-order valence-electron chi connectivity index (χ3n) is 5.32. The van der Waals surface area contributed by atoms with Crippen LogP contribution in [0.5, 0.6) is 0 Å². The minimum Gasteiger partial charge on any atom is -0.370 e. The van der Waals surface area contributed by atoms with Crippen molar-refractivity contribution < 1.29 is 9.53 Å². The molecular formula is C18H18N4O2S. The molecule has 0 saturated carbocycles. The summed E-state index contributed by atoms with van der Waals surface area (Å²) in [5, 5.41) is 6.33. The molecule has 0 aliphatic carbocycles. The van der Waals surface area contributed by atoms with Crippen LogP contribution in [-0.2, 0) is 16.8 Å². The molecule has 2 aliphatic heterocycles. The maximum atomic E-state index is 13.0. The number of amides is 1. The van der Waals surface area contributed by atoms with Gasteiger partial charge in [-0.25, -0.2) is 9.50 Å². The van der Waals surface area contributed by atoms with E-state index in [1.54, 1.807) is 4.52 Å². The third-order valence-corrected chi connectivity index (χ3v) is 6.30. The van der Waals surface area contributed by atoms with Gasteiger partial charge in [0.1, 0.15) is 12.0 Å². The van der Waals surface area contributed by atoms with Gasteiger partial charge >= 0.3 is 0 Å². The number of likely N-dealkylation sites (tertiary alicyclic amines) is 1. The highest BCUT2D eigenvalue weighted by Crippen LogP contribution is 2.43. The van der Waals surface area contributed by atoms with Crippen LogP contribution in [0.4, 0.5) is 0 Å². The second kappa shape index (κ2) is 5.64. The molecule has 0 aromatic carbocycles. The summed E-state index contributed by atoms with van der Waals surface area (Å²) >= 11 is 1.82. The van der Waals surface area contributed by atoms with Crippen LogP contribution in [0.15, 0.2) is 36.0 Å². The van der Waals surface area contributed by atoms with E-state index in [1.807, 2.05) is 34.4 Å². The molecule has 0 N–H and O–H groups in total. The monoisotopic (exact) mass is 354 g/mol. The molecule has 1 fully saturated rings. The maximum absolute atomic E-state index is 13.0. The first kappa shape index (κ1) is 15.0. The van der Waals surface area contributed by atoms with Gasteiger partial charge in [-0.15, -0.1) is 11.3 Å². The van der Waals surface area contributed by atoms with E-state index in [0.29, 0.717) is 24.4 Å². The van der Waals surface area contributed by atoms with Crippen LogP contribution in [-0.4, -0.2) is 45.1 Å². The van der Waals surface area contributed by atoms with E-state index < -0.39 is 0 Å². The standard InChI is InChI=1S/C18H18N4O2S/c23-17(14-2-1-3-16-19-12-20-22(14)16)21-8-6-18(7-9-21)13-5-11-25-15(13)4-10-24-18/h1-3,5,11-12H,4,6-10H2. The quantitative estimate of drug-likeness (QED) is 0.674. The topological polar surface area (TPSA) is 59.7 Å². The van der Waals surface area contributed by atoms with Crippen molar-refractivity contribution in [2.24, 2.45) is 0 Å². The summed E-state index contributed by atoms with van der Waals surface area (Å²) in [5.41, 5.74) is 2.39. The van der Waals surface area contributed by atoms with Crippen LogP contribution in [0.25, 0.3) is 5.65 Å². The number of carbonyl (C=O) groups is 1. The normalized spacial score (nSPS) is 19.3. The molecule has 1 saturated heterocycles. The molecule has 0 unspecified atom stereocenters. The molecule has 0 atom stereocenters. The fourth-order valence-corrected chi connectivity index (χ4v) is 4.96. The predicted octanol–water partition coefficient (Wildman–Crippen LogP) is 2.50. The highest BCUT2D eigenvalue weighted by atomic mass is 32.1. The SMILES string of the molecule is O=C(c1cccc2ncnn12)N1CCC2(CC1)OCCc1sccc12. The fourth-order valence-electron chi connectivity index (χ4n) is 4.01. The maximum Gasteiger partial charge on any atom is 0.272 e. The Morgan fingerprint density at radius 3 is 3.00 bits per heavy atom. The van der Waals surface area contributed by atoms with E-state index in [4.69, 9.17) is 4.74 Å². The Bertz CT molecular complexity index is 939. The van der Waals surface area contributed by atoms with Gasteiger partial charge in [0.05, 0.1) is 12.2 Å². The Hall–Kier alpha value is -2.25. The van der Waals surface area contributed by atoms with Crippen molar-refractivity contribution in [1.82, 2.24) is 19.5 Å². The van der Waals surface area contributed by atoms with E-state index in [-0.39, 0.29) is 11.5 Å². The zero-order valence-electron chi connectivity index (χ0n) is 13.7. The average molecular weight is 354 g/mol. The van der Waals surface area contributed by atoms with Crippen molar-refractivity contribution in [2.45, 2.75) is 24.9 Å². The summed E-state index contributed by atoms with van der Waals surface area (Å²) in [6.07, 6.45) is 4.17. The summed E-state index contributed by atoms with van der Waals surface area (Å²) < 4.78 is 7.84. The van der Waals surface area contributed by atoms with E-state index in [9.17, 15) is 4.79 Å². The number of rotatable bonds is 1. The molecule has 6 nitrogen and oxygen atoms in total. The van der Waals surface area contributed by atoms with Gasteiger partial charge in [0.2, 0.25) is 0 Å². The summed E-state index contributed by atoms with van der Waals surface area (Å²) in [5.74, 6) is 0.00676. The number of hydrogen-bond acceptors (Lipinski definition) is 5. The molecule has 0 bridgehead atoms. The van der Waals surface area contributed by atoms with E-state index in [0.717, 1.165) is 25.9 Å². The molecule has 2 aliphatic rings. The number of piperidine rings is 1.